The molecule has 0 saturated carbocycles. The van der Waals surface area contributed by atoms with Crippen molar-refractivity contribution in [3.63, 3.8) is 0 Å². The third-order valence-corrected chi connectivity index (χ3v) is 12.9. The van der Waals surface area contributed by atoms with Crippen molar-refractivity contribution in [3.8, 4) is 0 Å². The minimum atomic E-state index is -1.46. The molecule has 0 aliphatic carbocycles. The van der Waals surface area contributed by atoms with Crippen molar-refractivity contribution in [1.82, 2.24) is 19.1 Å². The number of unbranched alkanes of at least 4 members (excludes halogenated alkanes) is 2. The molecule has 3 aliphatic rings. The molecule has 0 amide bonds. The van der Waals surface area contributed by atoms with Gasteiger partial charge in [-0.2, -0.15) is 25.3 Å². The number of aromatic nitrogens is 4. The Kier molecular flexibility index (Phi) is 19.4. The predicted molar refractivity (Wildman–Crippen MR) is 213 cm³/mol. The van der Waals surface area contributed by atoms with Gasteiger partial charge in [0.15, 0.2) is 36.6 Å². The van der Waals surface area contributed by atoms with Crippen LogP contribution < -0.4 is 22.5 Å². The monoisotopic (exact) mass is 866 g/mol. The Morgan fingerprint density at radius 1 is 0.786 bits per heavy atom. The van der Waals surface area contributed by atoms with E-state index < -0.39 is 71.9 Å². The van der Waals surface area contributed by atoms with E-state index >= 15 is 0 Å². The van der Waals surface area contributed by atoms with Crippen LogP contribution >= 0.6 is 46.8 Å². The van der Waals surface area contributed by atoms with E-state index in [-0.39, 0.29) is 30.0 Å². The molecule has 2 aromatic heterocycles. The Labute approximate surface area is 340 Å². The lowest BCUT2D eigenvalue weighted by Gasteiger charge is -2.16. The van der Waals surface area contributed by atoms with Gasteiger partial charge in [-0.25, -0.2) is 9.59 Å². The van der Waals surface area contributed by atoms with Crippen LogP contribution in [0.2, 0.25) is 0 Å². The van der Waals surface area contributed by atoms with Crippen LogP contribution in [0.3, 0.4) is 0 Å². The zero-order chi connectivity index (χ0) is 40.8. The first-order chi connectivity index (χ1) is 26.8. The second-order valence-corrected chi connectivity index (χ2v) is 17.4. The van der Waals surface area contributed by atoms with Crippen molar-refractivity contribution < 1.29 is 49.0 Å². The van der Waals surface area contributed by atoms with E-state index in [2.05, 4.69) is 25.3 Å². The average Bonchev–Trinajstić information content (AvgIpc) is 3.86. The van der Waals surface area contributed by atoms with E-state index in [1.165, 1.54) is 12.2 Å². The summed E-state index contributed by atoms with van der Waals surface area (Å²) >= 11 is 8.59. The van der Waals surface area contributed by atoms with E-state index in [1.807, 2.05) is 31.6 Å². The van der Waals surface area contributed by atoms with Gasteiger partial charge in [-0.05, 0) is 44.3 Å². The normalized spacial score (nSPS) is 27.9. The van der Waals surface area contributed by atoms with Crippen molar-refractivity contribution >= 4 is 58.4 Å². The molecule has 56 heavy (non-hydrogen) atoms. The molecule has 3 saturated heterocycles. The number of ether oxygens (including phenoxy) is 4. The number of rotatable bonds is 20. The highest BCUT2D eigenvalue weighted by atomic mass is 33.1. The molecule has 18 nitrogen and oxygen atoms in total. The summed E-state index contributed by atoms with van der Waals surface area (Å²) < 4.78 is 23.3. The smallest absolute Gasteiger partial charge is 0.330 e. The summed E-state index contributed by atoms with van der Waals surface area (Å²) in [4.78, 5) is 74.0. The van der Waals surface area contributed by atoms with Gasteiger partial charge in [0.05, 0.1) is 0 Å². The Bertz CT molecular complexity index is 1790. The van der Waals surface area contributed by atoms with E-state index in [1.54, 1.807) is 0 Å². The van der Waals surface area contributed by atoms with Gasteiger partial charge in [-0.3, -0.25) is 38.3 Å². The van der Waals surface area contributed by atoms with Crippen LogP contribution in [0.4, 0.5) is 0 Å². The fourth-order valence-electron chi connectivity index (χ4n) is 6.00. The molecule has 3 fully saturated rings. The van der Waals surface area contributed by atoms with Gasteiger partial charge in [0.1, 0.15) is 37.6 Å². The fraction of sp³-hybridized carbons (Fsp3) is 0.706. The Hall–Kier alpha value is -2.22. The topological polar surface area (TPSA) is 262 Å². The third-order valence-electron chi connectivity index (χ3n) is 9.12. The van der Waals surface area contributed by atoms with Gasteiger partial charge in [0, 0.05) is 53.6 Å². The zero-order valence-electron chi connectivity index (χ0n) is 30.5. The molecule has 2 aromatic rings. The highest BCUT2D eigenvalue weighted by Gasteiger charge is 2.46. The molecule has 0 spiro atoms. The number of hydrogen-bond donors (Lipinski definition) is 8. The summed E-state index contributed by atoms with van der Waals surface area (Å²) in [5, 5.41) is 41.3. The maximum absolute atomic E-state index is 12.0. The second kappa shape index (κ2) is 23.4. The number of aliphatic hydroxyl groups is 4. The van der Waals surface area contributed by atoms with Gasteiger partial charge < -0.3 is 39.4 Å². The number of aliphatic hydroxyl groups excluding tert-OH is 4. The highest BCUT2D eigenvalue weighted by molar-refractivity contribution is 8.77. The van der Waals surface area contributed by atoms with Crippen molar-refractivity contribution in [3.05, 3.63) is 66.2 Å². The zero-order valence-corrected chi connectivity index (χ0v) is 33.9. The van der Waals surface area contributed by atoms with Crippen LogP contribution in [-0.4, -0.2) is 123 Å². The quantitative estimate of drug-likeness (QED) is 0.0505. The maximum Gasteiger partial charge on any atom is 0.330 e. The number of thiol groups is 2. The largest absolute Gasteiger partial charge is 0.385 e. The fourth-order valence-corrected chi connectivity index (χ4v) is 9.85. The van der Waals surface area contributed by atoms with E-state index in [4.69, 9.17) is 18.9 Å². The standard InChI is InChI=1S/C17H24N2O7S2.C17H26N2O7S2/c20-10(3-1-2-4-11-6-8-27-28-11)9-25-16-14(23)13(22)15(26-16)19-7-5-12(21)18-17(19)24;20-10(3-1-2-4-11(28)6-8-27)9-25-16-14(23)13(22)15(26-16)19-7-5-12(21)18-17(19)24/h5,7,11,13-16,22-23H,1-4,6,8-9H2,(H,18,21,24);5,7,11,13-16,22-23,27-28H,1-4,6,8-9H2,(H,18,21,24)/t2*11?,13-,14+,15-,16?/m11/s1. The number of nitrogens with zero attached hydrogens (tertiary/aromatic N) is 2. The Morgan fingerprint density at radius 2 is 1.29 bits per heavy atom. The summed E-state index contributed by atoms with van der Waals surface area (Å²) in [5.41, 5.74) is -2.75. The van der Waals surface area contributed by atoms with E-state index in [0.29, 0.717) is 24.5 Å². The first-order valence-corrected chi connectivity index (χ1v) is 21.8. The molecule has 6 N–H and O–H groups in total. The van der Waals surface area contributed by atoms with Crippen LogP contribution in [0, 0.1) is 0 Å². The number of carbonyl (C=O) groups is 2. The van der Waals surface area contributed by atoms with Crippen molar-refractivity contribution in [1.29, 1.82) is 0 Å². The van der Waals surface area contributed by atoms with E-state index in [9.17, 15) is 49.2 Å². The van der Waals surface area contributed by atoms with Crippen LogP contribution in [0.1, 0.15) is 76.7 Å². The van der Waals surface area contributed by atoms with Gasteiger partial charge in [-0.15, -0.1) is 0 Å². The minimum Gasteiger partial charge on any atom is -0.385 e. The number of nitrogens with one attached hydrogen (secondary N) is 2. The molecule has 0 aromatic carbocycles. The molecule has 3 aliphatic heterocycles. The maximum atomic E-state index is 12.0. The Balaban J connectivity index is 0.000000249. The van der Waals surface area contributed by atoms with Crippen LogP contribution in [0.5, 0.6) is 0 Å². The molecular weight excluding hydrogens is 817 g/mol. The predicted octanol–water partition coefficient (Wildman–Crippen LogP) is 0.291. The molecular formula is C34H50N4O14S4. The number of ketones is 2. The number of H-pyrrole nitrogens is 2. The molecule has 22 heteroatoms. The lowest BCUT2D eigenvalue weighted by molar-refractivity contribution is -0.180. The van der Waals surface area contributed by atoms with Gasteiger partial charge in [0.25, 0.3) is 11.1 Å². The number of Topliss-reactive ketones (excluding diaryl/α,β-unsaturated/α-hetero) is 2. The lowest BCUT2D eigenvalue weighted by Crippen LogP contribution is -2.37. The van der Waals surface area contributed by atoms with Gasteiger partial charge in [0.2, 0.25) is 0 Å². The van der Waals surface area contributed by atoms with Crippen LogP contribution in [0.25, 0.3) is 0 Å². The average molecular weight is 867 g/mol. The molecule has 5 heterocycles. The molecule has 0 bridgehead atoms. The molecule has 0 radical (unpaired) electrons. The van der Waals surface area contributed by atoms with Gasteiger partial charge in [-0.1, -0.05) is 34.4 Å². The summed E-state index contributed by atoms with van der Waals surface area (Å²) in [7, 11) is 3.83. The number of carbonyl (C=O) groups excluding carboxylic acids is 2. The lowest BCUT2D eigenvalue weighted by atomic mass is 10.1. The van der Waals surface area contributed by atoms with Crippen LogP contribution in [0.15, 0.2) is 43.7 Å². The highest BCUT2D eigenvalue weighted by Crippen LogP contribution is 2.40. The molecule has 10 atom stereocenters. The summed E-state index contributed by atoms with van der Waals surface area (Å²) in [6.45, 7) is -0.516. The first kappa shape index (κ1) is 46.5. The summed E-state index contributed by atoms with van der Waals surface area (Å²) in [5.74, 6) is 1.72. The van der Waals surface area contributed by atoms with Gasteiger partial charge >= 0.3 is 11.4 Å². The third kappa shape index (κ3) is 14.0. The summed E-state index contributed by atoms with van der Waals surface area (Å²) in [6, 6.07) is 2.19. The second-order valence-electron chi connectivity index (χ2n) is 13.5. The van der Waals surface area contributed by atoms with E-state index in [0.717, 1.165) is 77.9 Å². The minimum absolute atomic E-state index is 0.108. The molecule has 5 rings (SSSR count). The first-order valence-electron chi connectivity index (χ1n) is 18.3. The number of aromatic amines is 2. The van der Waals surface area contributed by atoms with Crippen molar-refractivity contribution in [2.45, 2.75) is 124 Å². The molecule has 4 unspecified atom stereocenters. The van der Waals surface area contributed by atoms with Crippen molar-refractivity contribution in [2.24, 2.45) is 0 Å². The van der Waals surface area contributed by atoms with Crippen LogP contribution in [-0.2, 0) is 28.5 Å². The molecule has 314 valence electrons. The van der Waals surface area contributed by atoms with Crippen molar-refractivity contribution in [2.75, 3.05) is 24.7 Å². The number of hydrogen-bond acceptors (Lipinski definition) is 18. The Morgan fingerprint density at radius 3 is 1.73 bits per heavy atom. The summed E-state index contributed by atoms with van der Waals surface area (Å²) in [6.07, 6.45) is -0.181. The SMILES string of the molecule is O=C(CCCCC(S)CCS)COC1O[C@@H](n2ccc(=O)[nH]c2=O)[C@H](O)[C@@H]1O.O=C(CCCCC1CCSS1)COC1O[C@@H](n2ccc(=O)[nH]c2=O)[C@H](O)[C@@H]1O.